The number of phenols is 1. The molecule has 0 saturated heterocycles. The molecule has 77 heavy (non-hydrogen) atoms. The van der Waals surface area contributed by atoms with E-state index in [4.69, 9.17) is 28.7 Å². The number of unbranched alkanes of at least 4 members (excludes halogenated alkanes) is 1. The molecular formula is C48H82N14O13S2. The van der Waals surface area contributed by atoms with E-state index >= 15 is 0 Å². The Kier molecular flexibility index (Phi) is 32.6. The normalized spacial score (nSPS) is 15.3. The SMILES string of the molecule is CCC(C)C(NC(=O)C(CCCCN)NC(=O)C(CCSC)NC(=O)C(NC(=O)C(CCSC)NC(=O)C(Cc1ccc(O)cc1)NC(=O)C(C)N)C(C)O)C(=O)NC(CCCN=C(N)N)C(=O)NC(CC(N)=O)C(=O)O. The van der Waals surface area contributed by atoms with Crippen molar-refractivity contribution >= 4 is 88.6 Å². The van der Waals surface area contributed by atoms with Gasteiger partial charge < -0.3 is 86.5 Å². The highest BCUT2D eigenvalue weighted by atomic mass is 32.2. The first-order chi connectivity index (χ1) is 36.3. The number of guanidine groups is 1. The molecule has 1 rings (SSSR count). The summed E-state index contributed by atoms with van der Waals surface area (Å²) in [6, 6.07) is -6.43. The average molecular weight is 1130 g/mol. The number of thioether (sulfide) groups is 2. The number of phenolic OH excluding ortho intramolecular Hbond substituents is 1. The predicted molar refractivity (Wildman–Crippen MR) is 292 cm³/mol. The second-order valence-corrected chi connectivity index (χ2v) is 20.4. The van der Waals surface area contributed by atoms with Crippen molar-refractivity contribution in [2.45, 2.75) is 152 Å². The molecule has 1 aromatic rings. The Labute approximate surface area is 457 Å². The monoisotopic (exact) mass is 1130 g/mol. The molecule has 434 valence electrons. The van der Waals surface area contributed by atoms with Gasteiger partial charge in [-0.05, 0) is 113 Å². The van der Waals surface area contributed by atoms with Crippen molar-refractivity contribution in [3.63, 3.8) is 0 Å². The Balaban J connectivity index is 3.50. The fourth-order valence-electron chi connectivity index (χ4n) is 7.28. The molecule has 0 fully saturated rings. The molecule has 0 saturated carbocycles. The van der Waals surface area contributed by atoms with Crippen molar-refractivity contribution < 1.29 is 63.3 Å². The van der Waals surface area contributed by atoms with Crippen molar-refractivity contribution in [3.8, 4) is 5.75 Å². The number of nitrogens with two attached hydrogens (primary N) is 5. The second-order valence-electron chi connectivity index (χ2n) is 18.4. The lowest BCUT2D eigenvalue weighted by molar-refractivity contribution is -0.144. The van der Waals surface area contributed by atoms with Crippen LogP contribution >= 0.6 is 23.5 Å². The number of benzene rings is 1. The third-order valence-corrected chi connectivity index (χ3v) is 13.2. The summed E-state index contributed by atoms with van der Waals surface area (Å²) in [5.74, 6) is -9.51. The molecule has 0 aliphatic carbocycles. The molecule has 0 aliphatic rings. The molecule has 1 aromatic carbocycles. The van der Waals surface area contributed by atoms with E-state index in [9.17, 15) is 63.3 Å². The van der Waals surface area contributed by atoms with Crippen LogP contribution in [0.4, 0.5) is 0 Å². The molecule has 29 heteroatoms. The zero-order chi connectivity index (χ0) is 58.4. The molecule has 0 radical (unpaired) electrons. The third kappa shape index (κ3) is 26.5. The van der Waals surface area contributed by atoms with E-state index in [-0.39, 0.29) is 63.3 Å². The fraction of sp³-hybridized carbons (Fsp3) is 0.646. The van der Waals surface area contributed by atoms with Crippen LogP contribution in [0, 0.1) is 5.92 Å². The predicted octanol–water partition coefficient (Wildman–Crippen LogP) is -3.76. The van der Waals surface area contributed by atoms with E-state index in [1.165, 1.54) is 49.5 Å². The number of nitrogens with one attached hydrogen (secondary N) is 8. The largest absolute Gasteiger partial charge is 0.508 e. The number of aromatic hydroxyl groups is 1. The molecule has 9 amide bonds. The number of aliphatic hydroxyl groups excluding tert-OH is 1. The van der Waals surface area contributed by atoms with Gasteiger partial charge in [-0.2, -0.15) is 23.5 Å². The molecule has 0 aliphatic heterocycles. The van der Waals surface area contributed by atoms with Crippen LogP contribution < -0.4 is 71.2 Å². The summed E-state index contributed by atoms with van der Waals surface area (Å²) in [6.45, 7) is 6.30. The van der Waals surface area contributed by atoms with Crippen molar-refractivity contribution in [2.24, 2.45) is 39.6 Å². The molecule has 0 heterocycles. The fourth-order valence-corrected chi connectivity index (χ4v) is 8.22. The number of aliphatic imine (C=N–C) groups is 1. The van der Waals surface area contributed by atoms with Crippen LogP contribution in [-0.4, -0.2) is 178 Å². The Bertz CT molecular complexity index is 2140. The maximum absolute atomic E-state index is 14.2. The Morgan fingerprint density at radius 2 is 1.01 bits per heavy atom. The molecule has 21 N–H and O–H groups in total. The smallest absolute Gasteiger partial charge is 0.326 e. The molecule has 0 aromatic heterocycles. The van der Waals surface area contributed by atoms with Gasteiger partial charge in [0.05, 0.1) is 18.6 Å². The first-order valence-electron chi connectivity index (χ1n) is 25.2. The van der Waals surface area contributed by atoms with Crippen LogP contribution in [-0.2, 0) is 54.4 Å². The van der Waals surface area contributed by atoms with E-state index < -0.39 is 132 Å². The summed E-state index contributed by atoms with van der Waals surface area (Å²) < 4.78 is 0. The van der Waals surface area contributed by atoms with Crippen molar-refractivity contribution in [1.29, 1.82) is 0 Å². The average Bonchev–Trinajstić information content (AvgIpc) is 3.36. The third-order valence-electron chi connectivity index (χ3n) is 11.9. The van der Waals surface area contributed by atoms with Crippen molar-refractivity contribution in [3.05, 3.63) is 29.8 Å². The Morgan fingerprint density at radius 1 is 0.584 bits per heavy atom. The molecule has 11 atom stereocenters. The number of aliphatic hydroxyl groups is 1. The van der Waals surface area contributed by atoms with Crippen LogP contribution in [0.3, 0.4) is 0 Å². The number of amides is 9. The summed E-state index contributed by atoms with van der Waals surface area (Å²) in [5, 5.41) is 50.7. The minimum absolute atomic E-state index is 0.00499. The quantitative estimate of drug-likeness (QED) is 0.0172. The van der Waals surface area contributed by atoms with Gasteiger partial charge in [-0.1, -0.05) is 32.4 Å². The molecular weight excluding hydrogens is 1040 g/mol. The van der Waals surface area contributed by atoms with Gasteiger partial charge in [0.1, 0.15) is 54.1 Å². The molecule has 11 unspecified atom stereocenters. The van der Waals surface area contributed by atoms with Gasteiger partial charge in [-0.25, -0.2) is 4.79 Å². The first kappa shape index (κ1) is 68.6. The van der Waals surface area contributed by atoms with Crippen LogP contribution in [0.15, 0.2) is 29.3 Å². The maximum Gasteiger partial charge on any atom is 0.326 e. The minimum Gasteiger partial charge on any atom is -0.508 e. The van der Waals surface area contributed by atoms with Gasteiger partial charge in [0.15, 0.2) is 5.96 Å². The first-order valence-corrected chi connectivity index (χ1v) is 28.0. The van der Waals surface area contributed by atoms with Gasteiger partial charge in [-0.15, -0.1) is 0 Å². The van der Waals surface area contributed by atoms with Gasteiger partial charge >= 0.3 is 5.97 Å². The van der Waals surface area contributed by atoms with E-state index in [1.807, 2.05) is 0 Å². The summed E-state index contributed by atoms with van der Waals surface area (Å²) in [5.41, 5.74) is 28.1. The standard InChI is InChI=1S/C48H82N14O13S2/c1-7-25(2)37(45(72)57-31(12-10-20-54-48(52)53)40(67)60-35(47(74)75)24-36(51)65)61-42(69)30(11-8-9-19-49)55-41(68)32(17-21-76-5)58-46(73)38(27(4)63)62-43(70)33(18-22-77-6)56-44(71)34(59-39(66)26(3)50)23-28-13-15-29(64)16-14-28/h13-16,25-27,30-35,37-38,63-64H,7-12,17-24,49-50H2,1-6H3,(H2,51,65)(H,55,68)(H,56,71)(H,57,72)(H,58,73)(H,59,66)(H,60,67)(H,61,69)(H,62,70)(H,74,75)(H4,52,53,54). The zero-order valence-electron chi connectivity index (χ0n) is 44.6. The van der Waals surface area contributed by atoms with Crippen molar-refractivity contribution in [2.75, 3.05) is 37.1 Å². The maximum atomic E-state index is 14.2. The summed E-state index contributed by atoms with van der Waals surface area (Å²) >= 11 is 2.69. The van der Waals surface area contributed by atoms with E-state index in [1.54, 1.807) is 38.5 Å². The van der Waals surface area contributed by atoms with Crippen LogP contribution in [0.2, 0.25) is 0 Å². The van der Waals surface area contributed by atoms with E-state index in [0.717, 1.165) is 0 Å². The number of carbonyl (C=O) groups is 10. The molecule has 0 spiro atoms. The second kappa shape index (κ2) is 36.6. The number of carboxylic acid groups (broad SMARTS) is 1. The number of hydrogen-bond acceptors (Lipinski definition) is 17. The minimum atomic E-state index is -1.73. The number of carboxylic acids is 1. The lowest BCUT2D eigenvalue weighted by Crippen LogP contribution is -2.62. The van der Waals surface area contributed by atoms with E-state index in [2.05, 4.69) is 47.5 Å². The lowest BCUT2D eigenvalue weighted by Gasteiger charge is -2.30. The van der Waals surface area contributed by atoms with Crippen LogP contribution in [0.25, 0.3) is 0 Å². The zero-order valence-corrected chi connectivity index (χ0v) is 46.3. The van der Waals surface area contributed by atoms with Gasteiger partial charge in [0.25, 0.3) is 0 Å². The van der Waals surface area contributed by atoms with Crippen LogP contribution in [0.1, 0.15) is 91.0 Å². The van der Waals surface area contributed by atoms with Gasteiger partial charge in [0.2, 0.25) is 53.2 Å². The number of aliphatic carboxylic acids is 1. The van der Waals surface area contributed by atoms with Gasteiger partial charge in [0, 0.05) is 13.0 Å². The van der Waals surface area contributed by atoms with Gasteiger partial charge in [-0.3, -0.25) is 48.1 Å². The van der Waals surface area contributed by atoms with Crippen LogP contribution in [0.5, 0.6) is 5.75 Å². The Hall–Kier alpha value is -6.43. The highest BCUT2D eigenvalue weighted by Gasteiger charge is 2.37. The summed E-state index contributed by atoms with van der Waals surface area (Å²) in [4.78, 5) is 138. The summed E-state index contributed by atoms with van der Waals surface area (Å²) in [7, 11) is 0. The van der Waals surface area contributed by atoms with E-state index in [0.29, 0.717) is 36.3 Å². The lowest BCUT2D eigenvalue weighted by atomic mass is 9.96. The Morgan fingerprint density at radius 3 is 1.45 bits per heavy atom. The number of nitrogens with zero attached hydrogens (tertiary/aromatic N) is 1. The molecule has 27 nitrogen and oxygen atoms in total. The number of carbonyl (C=O) groups excluding carboxylic acids is 9. The highest BCUT2D eigenvalue weighted by Crippen LogP contribution is 2.15. The van der Waals surface area contributed by atoms with Crippen molar-refractivity contribution in [1.82, 2.24) is 42.5 Å². The summed E-state index contributed by atoms with van der Waals surface area (Å²) in [6.07, 6.45) is 2.33. The topological polar surface area (TPSA) is 470 Å². The number of hydrogen-bond donors (Lipinski definition) is 16. The highest BCUT2D eigenvalue weighted by molar-refractivity contribution is 7.98. The number of primary amides is 1. The molecule has 0 bridgehead atoms. The number of rotatable bonds is 38.